The van der Waals surface area contributed by atoms with E-state index in [4.69, 9.17) is 0 Å². The maximum atomic E-state index is 12.9. The molecule has 2 rings (SSSR count). The van der Waals surface area contributed by atoms with E-state index < -0.39 is 0 Å². The van der Waals surface area contributed by atoms with Gasteiger partial charge < -0.3 is 20.0 Å². The predicted octanol–water partition coefficient (Wildman–Crippen LogP) is 3.46. The van der Waals surface area contributed by atoms with Crippen molar-refractivity contribution in [3.63, 3.8) is 0 Å². The average Bonchev–Trinajstić information content (AvgIpc) is 2.66. The van der Waals surface area contributed by atoms with Gasteiger partial charge in [0.05, 0.1) is 6.04 Å². The number of hydrogen-bond donors (Lipinski definition) is 1. The molecule has 0 fully saturated rings. The number of urea groups is 1. The molecule has 0 aliphatic heterocycles. The SMILES string of the molecule is Cc1cc(C(=O)N(C)C)ccc1NC(=O)N(C)[C@H](CN(C)C)c1ccccc1. The van der Waals surface area contributed by atoms with E-state index in [1.54, 1.807) is 44.2 Å². The molecule has 1 N–H and O–H groups in total. The van der Waals surface area contributed by atoms with Gasteiger partial charge in [-0.2, -0.15) is 0 Å². The van der Waals surface area contributed by atoms with Gasteiger partial charge in [-0.25, -0.2) is 4.79 Å². The van der Waals surface area contributed by atoms with Crippen LogP contribution in [0, 0.1) is 6.92 Å². The maximum Gasteiger partial charge on any atom is 0.322 e. The third-order valence-electron chi connectivity index (χ3n) is 4.63. The number of benzene rings is 2. The molecule has 6 heteroatoms. The van der Waals surface area contributed by atoms with Crippen molar-refractivity contribution in [2.24, 2.45) is 0 Å². The van der Waals surface area contributed by atoms with Crippen molar-refractivity contribution >= 4 is 17.6 Å². The lowest BCUT2D eigenvalue weighted by Crippen LogP contribution is -2.39. The van der Waals surface area contributed by atoms with Crippen LogP contribution in [0.2, 0.25) is 0 Å². The number of nitrogens with one attached hydrogen (secondary N) is 1. The standard InChI is InChI=1S/C22H30N4O2/c1-16-14-18(21(27)25(4)5)12-13-19(16)23-22(28)26(6)20(15-24(2)3)17-10-8-7-9-11-17/h7-14,20H,15H2,1-6H3,(H,23,28)/t20-/m1/s1. The zero-order valence-corrected chi connectivity index (χ0v) is 17.6. The highest BCUT2D eigenvalue weighted by Gasteiger charge is 2.23. The third kappa shape index (κ3) is 5.33. The van der Waals surface area contributed by atoms with Crippen LogP contribution in [0.1, 0.15) is 27.5 Å². The van der Waals surface area contributed by atoms with E-state index in [1.165, 1.54) is 4.90 Å². The Kier molecular flexibility index (Phi) is 7.18. The van der Waals surface area contributed by atoms with Gasteiger partial charge in [-0.15, -0.1) is 0 Å². The summed E-state index contributed by atoms with van der Waals surface area (Å²) < 4.78 is 0. The minimum atomic E-state index is -0.189. The normalized spacial score (nSPS) is 11.8. The van der Waals surface area contributed by atoms with E-state index in [9.17, 15) is 9.59 Å². The number of rotatable bonds is 6. The Labute approximate surface area is 167 Å². The van der Waals surface area contributed by atoms with Crippen LogP contribution >= 0.6 is 0 Å². The van der Waals surface area contributed by atoms with Gasteiger partial charge in [-0.05, 0) is 50.3 Å². The van der Waals surface area contributed by atoms with Crippen LogP contribution in [-0.2, 0) is 0 Å². The van der Waals surface area contributed by atoms with Crippen molar-refractivity contribution < 1.29 is 9.59 Å². The highest BCUT2D eigenvalue weighted by Crippen LogP contribution is 2.23. The Bertz CT molecular complexity index is 819. The van der Waals surface area contributed by atoms with Gasteiger partial charge in [0.25, 0.3) is 5.91 Å². The summed E-state index contributed by atoms with van der Waals surface area (Å²) in [6, 6.07) is 15.0. The quantitative estimate of drug-likeness (QED) is 0.832. The molecule has 0 aliphatic rings. The summed E-state index contributed by atoms with van der Waals surface area (Å²) in [7, 11) is 9.22. The third-order valence-corrected chi connectivity index (χ3v) is 4.63. The molecule has 0 aliphatic carbocycles. The van der Waals surface area contributed by atoms with Crippen molar-refractivity contribution in [2.75, 3.05) is 47.1 Å². The number of likely N-dealkylation sites (N-methyl/N-ethyl adjacent to an activating group) is 2. The first-order valence-electron chi connectivity index (χ1n) is 9.26. The van der Waals surface area contributed by atoms with Gasteiger partial charge in [0.1, 0.15) is 0 Å². The zero-order chi connectivity index (χ0) is 20.8. The Morgan fingerprint density at radius 1 is 0.964 bits per heavy atom. The van der Waals surface area contributed by atoms with Crippen LogP contribution in [0.15, 0.2) is 48.5 Å². The largest absolute Gasteiger partial charge is 0.345 e. The van der Waals surface area contributed by atoms with Crippen LogP contribution in [0.3, 0.4) is 0 Å². The summed E-state index contributed by atoms with van der Waals surface area (Å²) in [6.45, 7) is 2.60. The van der Waals surface area contributed by atoms with E-state index in [-0.39, 0.29) is 18.0 Å². The number of carbonyl (C=O) groups is 2. The maximum absolute atomic E-state index is 12.9. The van der Waals surface area contributed by atoms with Gasteiger partial charge >= 0.3 is 6.03 Å². The van der Waals surface area contributed by atoms with Crippen LogP contribution in [0.25, 0.3) is 0 Å². The Morgan fingerprint density at radius 2 is 1.61 bits per heavy atom. The molecule has 2 aromatic rings. The smallest absolute Gasteiger partial charge is 0.322 e. The number of nitrogens with zero attached hydrogens (tertiary/aromatic N) is 3. The second-order valence-electron chi connectivity index (χ2n) is 7.46. The van der Waals surface area contributed by atoms with Crippen molar-refractivity contribution in [2.45, 2.75) is 13.0 Å². The molecule has 6 nitrogen and oxygen atoms in total. The Balaban J connectivity index is 2.19. The molecule has 150 valence electrons. The predicted molar refractivity (Wildman–Crippen MR) is 114 cm³/mol. The van der Waals surface area contributed by atoms with Crippen LogP contribution in [-0.4, -0.2) is 68.4 Å². The molecule has 0 radical (unpaired) electrons. The van der Waals surface area contributed by atoms with Crippen molar-refractivity contribution in [3.05, 3.63) is 65.2 Å². The monoisotopic (exact) mass is 382 g/mol. The highest BCUT2D eigenvalue weighted by molar-refractivity contribution is 5.96. The summed E-state index contributed by atoms with van der Waals surface area (Å²) >= 11 is 0. The van der Waals surface area contributed by atoms with Gasteiger partial charge in [0, 0.05) is 38.9 Å². The summed E-state index contributed by atoms with van der Waals surface area (Å²) in [5.74, 6) is -0.0618. The molecule has 0 unspecified atom stereocenters. The summed E-state index contributed by atoms with van der Waals surface area (Å²) in [6.07, 6.45) is 0. The highest BCUT2D eigenvalue weighted by atomic mass is 16.2. The zero-order valence-electron chi connectivity index (χ0n) is 17.6. The first-order chi connectivity index (χ1) is 13.2. The fourth-order valence-corrected chi connectivity index (χ4v) is 3.01. The molecule has 3 amide bonds. The first-order valence-corrected chi connectivity index (χ1v) is 9.26. The molecule has 0 saturated heterocycles. The number of hydrogen-bond acceptors (Lipinski definition) is 3. The fraction of sp³-hybridized carbons (Fsp3) is 0.364. The molecule has 0 aromatic heterocycles. The minimum Gasteiger partial charge on any atom is -0.345 e. The second kappa shape index (κ2) is 9.37. The van der Waals surface area contributed by atoms with Crippen LogP contribution < -0.4 is 5.32 Å². The molecular weight excluding hydrogens is 352 g/mol. The molecule has 0 heterocycles. The van der Waals surface area contributed by atoms with Gasteiger partial charge in [-0.3, -0.25) is 4.79 Å². The molecule has 0 bridgehead atoms. The number of aryl methyl sites for hydroxylation is 1. The molecule has 28 heavy (non-hydrogen) atoms. The Morgan fingerprint density at radius 3 is 2.14 bits per heavy atom. The summed E-state index contributed by atoms with van der Waals surface area (Å²) in [4.78, 5) is 30.3. The lowest BCUT2D eigenvalue weighted by molar-refractivity contribution is 0.0827. The molecular formula is C22H30N4O2. The summed E-state index contributed by atoms with van der Waals surface area (Å²) in [5.41, 5.74) is 3.23. The van der Waals surface area contributed by atoms with E-state index >= 15 is 0 Å². The number of anilines is 1. The lowest BCUT2D eigenvalue weighted by Gasteiger charge is -2.31. The summed E-state index contributed by atoms with van der Waals surface area (Å²) in [5, 5.41) is 2.97. The first kappa shape index (κ1) is 21.4. The van der Waals surface area contributed by atoms with Gasteiger partial charge in [0.2, 0.25) is 0 Å². The van der Waals surface area contributed by atoms with Gasteiger partial charge in [-0.1, -0.05) is 30.3 Å². The van der Waals surface area contributed by atoms with Gasteiger partial charge in [0.15, 0.2) is 0 Å². The Hall–Kier alpha value is -2.86. The van der Waals surface area contributed by atoms with Crippen molar-refractivity contribution in [1.82, 2.24) is 14.7 Å². The van der Waals surface area contributed by atoms with E-state index in [1.807, 2.05) is 51.4 Å². The van der Waals surface area contributed by atoms with E-state index in [0.717, 1.165) is 11.1 Å². The number of carbonyl (C=O) groups excluding carboxylic acids is 2. The minimum absolute atomic E-state index is 0.0618. The fourth-order valence-electron chi connectivity index (χ4n) is 3.01. The lowest BCUT2D eigenvalue weighted by atomic mass is 10.1. The number of amides is 3. The molecule has 0 saturated carbocycles. The molecule has 1 atom stereocenters. The van der Waals surface area contributed by atoms with Crippen molar-refractivity contribution in [3.8, 4) is 0 Å². The molecule has 2 aromatic carbocycles. The van der Waals surface area contributed by atoms with Crippen molar-refractivity contribution in [1.29, 1.82) is 0 Å². The topological polar surface area (TPSA) is 55.9 Å². The van der Waals surface area contributed by atoms with E-state index in [2.05, 4.69) is 10.2 Å². The van der Waals surface area contributed by atoms with E-state index in [0.29, 0.717) is 17.8 Å². The average molecular weight is 383 g/mol. The molecule has 0 spiro atoms. The van der Waals surface area contributed by atoms with Crippen LogP contribution in [0.4, 0.5) is 10.5 Å². The second-order valence-corrected chi connectivity index (χ2v) is 7.46. The van der Waals surface area contributed by atoms with Crippen LogP contribution in [0.5, 0.6) is 0 Å².